The predicted octanol–water partition coefficient (Wildman–Crippen LogP) is 3.79. The van der Waals surface area contributed by atoms with E-state index in [1.165, 1.54) is 12.3 Å². The summed E-state index contributed by atoms with van der Waals surface area (Å²) in [6.07, 6.45) is 0. The predicted molar refractivity (Wildman–Crippen MR) is 80.5 cm³/mol. The zero-order valence-corrected chi connectivity index (χ0v) is 14.5. The van der Waals surface area contributed by atoms with E-state index in [-0.39, 0.29) is 5.97 Å². The Morgan fingerprint density at radius 3 is 1.65 bits per heavy atom. The van der Waals surface area contributed by atoms with E-state index >= 15 is 0 Å². The van der Waals surface area contributed by atoms with Crippen molar-refractivity contribution in [2.24, 2.45) is 0 Å². The number of hydrogen-bond acceptors (Lipinski definition) is 2. The van der Waals surface area contributed by atoms with Crippen LogP contribution in [0.5, 0.6) is 0 Å². The van der Waals surface area contributed by atoms with Gasteiger partial charge in [0.05, 0.1) is 28.8 Å². The number of carbonyl (C=O) groups excluding carboxylic acids is 1. The molecule has 0 spiro atoms. The van der Waals surface area contributed by atoms with Gasteiger partial charge in [0.25, 0.3) is 0 Å². The Morgan fingerprint density at radius 2 is 1.41 bits per heavy atom. The zero-order chi connectivity index (χ0) is 14.0. The quantitative estimate of drug-likeness (QED) is 0.336. The van der Waals surface area contributed by atoms with Crippen LogP contribution < -0.4 is 0 Å². The first-order chi connectivity index (χ1) is 7.42. The summed E-state index contributed by atoms with van der Waals surface area (Å²) in [6, 6.07) is 0. The minimum absolute atomic E-state index is 0.225. The van der Waals surface area contributed by atoms with Crippen LogP contribution >= 0.6 is 0 Å². The minimum Gasteiger partial charge on any atom is -0.465 e. The van der Waals surface area contributed by atoms with E-state index < -0.39 is 16.1 Å². The topological polar surface area (TPSA) is 26.3 Å². The lowest BCUT2D eigenvalue weighted by atomic mass is 10.2. The SMILES string of the molecule is C=C(/C(C(=O)OC)=C(\C)[Si](C)(C)C)[Si](C)(C)C. The van der Waals surface area contributed by atoms with Gasteiger partial charge in [-0.1, -0.05) is 56.3 Å². The number of hydrogen-bond donors (Lipinski definition) is 0. The summed E-state index contributed by atoms with van der Waals surface area (Å²) in [6.45, 7) is 19.5. The molecule has 0 aromatic rings. The van der Waals surface area contributed by atoms with Gasteiger partial charge in [0.1, 0.15) is 0 Å². The molecule has 0 radical (unpaired) electrons. The summed E-state index contributed by atoms with van der Waals surface area (Å²) >= 11 is 0. The van der Waals surface area contributed by atoms with Crippen molar-refractivity contribution in [1.29, 1.82) is 0 Å². The molecular weight excluding hydrogens is 244 g/mol. The van der Waals surface area contributed by atoms with Crippen LogP contribution in [0.25, 0.3) is 0 Å². The standard InChI is InChI=1S/C13H26O2Si2/c1-10(16(4,5)6)12(13(14)15-3)11(2)17(7,8)9/h1H2,2-9H3/b12-11-. The first-order valence-corrected chi connectivity index (χ1v) is 12.9. The van der Waals surface area contributed by atoms with E-state index in [0.29, 0.717) is 0 Å². The van der Waals surface area contributed by atoms with Crippen LogP contribution in [0.3, 0.4) is 0 Å². The largest absolute Gasteiger partial charge is 0.465 e. The van der Waals surface area contributed by atoms with Gasteiger partial charge in [-0.25, -0.2) is 4.79 Å². The Labute approximate surface area is 108 Å². The van der Waals surface area contributed by atoms with Gasteiger partial charge in [0.15, 0.2) is 0 Å². The molecule has 0 heterocycles. The second kappa shape index (κ2) is 5.35. The molecule has 17 heavy (non-hydrogen) atoms. The molecule has 0 saturated carbocycles. The van der Waals surface area contributed by atoms with Crippen molar-refractivity contribution in [1.82, 2.24) is 0 Å². The fourth-order valence-electron chi connectivity index (χ4n) is 1.35. The molecule has 0 saturated heterocycles. The number of ether oxygens (including phenoxy) is 1. The van der Waals surface area contributed by atoms with Gasteiger partial charge in [-0.15, -0.1) is 0 Å². The van der Waals surface area contributed by atoms with Crippen LogP contribution in [0.1, 0.15) is 6.92 Å². The summed E-state index contributed by atoms with van der Waals surface area (Å²) in [5.41, 5.74) is 0.755. The Kier molecular flexibility index (Phi) is 5.16. The van der Waals surface area contributed by atoms with Crippen LogP contribution in [0, 0.1) is 0 Å². The average Bonchev–Trinajstić information content (AvgIpc) is 2.14. The molecule has 0 aromatic heterocycles. The normalized spacial score (nSPS) is 14.1. The summed E-state index contributed by atoms with van der Waals surface area (Å²) in [5.74, 6) is -0.225. The van der Waals surface area contributed by atoms with Gasteiger partial charge >= 0.3 is 5.97 Å². The molecule has 2 nitrogen and oxygen atoms in total. The zero-order valence-electron chi connectivity index (χ0n) is 12.5. The molecule has 98 valence electrons. The molecular formula is C13H26O2Si2. The monoisotopic (exact) mass is 270 g/mol. The number of carbonyl (C=O) groups is 1. The molecule has 0 rings (SSSR count). The average molecular weight is 271 g/mol. The molecule has 0 atom stereocenters. The highest BCUT2D eigenvalue weighted by Gasteiger charge is 2.30. The first kappa shape index (κ1) is 16.4. The van der Waals surface area contributed by atoms with Gasteiger partial charge in [0, 0.05) is 0 Å². The van der Waals surface area contributed by atoms with E-state index in [9.17, 15) is 4.79 Å². The third-order valence-corrected chi connectivity index (χ3v) is 7.66. The minimum atomic E-state index is -1.58. The second-order valence-corrected chi connectivity index (χ2v) is 16.8. The highest BCUT2D eigenvalue weighted by Crippen LogP contribution is 2.28. The highest BCUT2D eigenvalue weighted by molar-refractivity contribution is 6.86. The van der Waals surface area contributed by atoms with E-state index in [0.717, 1.165) is 10.8 Å². The number of esters is 1. The van der Waals surface area contributed by atoms with Crippen molar-refractivity contribution < 1.29 is 9.53 Å². The fraction of sp³-hybridized carbons (Fsp3) is 0.615. The Morgan fingerprint density at radius 1 is 1.00 bits per heavy atom. The van der Waals surface area contributed by atoms with Gasteiger partial charge in [-0.05, 0) is 6.92 Å². The summed E-state index contributed by atoms with van der Waals surface area (Å²) in [5, 5.41) is 2.20. The van der Waals surface area contributed by atoms with Crippen molar-refractivity contribution >= 4 is 22.1 Å². The molecule has 0 fully saturated rings. The third kappa shape index (κ3) is 4.28. The van der Waals surface area contributed by atoms with E-state index in [4.69, 9.17) is 4.74 Å². The molecule has 0 aromatic carbocycles. The van der Waals surface area contributed by atoms with Crippen LogP contribution in [0.4, 0.5) is 0 Å². The summed E-state index contributed by atoms with van der Waals surface area (Å²) < 4.78 is 4.93. The Bertz CT molecular complexity index is 355. The lowest BCUT2D eigenvalue weighted by Crippen LogP contribution is -2.32. The highest BCUT2D eigenvalue weighted by atomic mass is 28.3. The lowest BCUT2D eigenvalue weighted by molar-refractivity contribution is -0.135. The van der Waals surface area contributed by atoms with Crippen molar-refractivity contribution in [3.05, 3.63) is 22.5 Å². The number of methoxy groups -OCH3 is 1. The number of rotatable bonds is 4. The second-order valence-electron chi connectivity index (χ2n) is 6.47. The summed E-state index contributed by atoms with van der Waals surface area (Å²) in [4.78, 5) is 12.0. The van der Waals surface area contributed by atoms with Gasteiger partial charge in [-0.2, -0.15) is 0 Å². The van der Waals surface area contributed by atoms with Gasteiger partial charge in [0.2, 0.25) is 0 Å². The van der Waals surface area contributed by atoms with Crippen molar-refractivity contribution in [2.45, 2.75) is 46.2 Å². The van der Waals surface area contributed by atoms with E-state index in [2.05, 4.69) is 52.8 Å². The van der Waals surface area contributed by atoms with Crippen LogP contribution in [-0.2, 0) is 9.53 Å². The van der Waals surface area contributed by atoms with Crippen LogP contribution in [0.15, 0.2) is 22.5 Å². The molecule has 0 N–H and O–H groups in total. The maximum Gasteiger partial charge on any atom is 0.337 e. The molecule has 0 unspecified atom stereocenters. The van der Waals surface area contributed by atoms with Crippen molar-refractivity contribution in [2.75, 3.05) is 7.11 Å². The van der Waals surface area contributed by atoms with Crippen LogP contribution in [-0.4, -0.2) is 29.2 Å². The maximum absolute atomic E-state index is 12.0. The molecule has 0 aliphatic heterocycles. The molecule has 0 aliphatic rings. The molecule has 0 bridgehead atoms. The molecule has 0 aliphatic carbocycles. The Balaban J connectivity index is 5.79. The smallest absolute Gasteiger partial charge is 0.337 e. The maximum atomic E-state index is 12.0. The van der Waals surface area contributed by atoms with Crippen LogP contribution in [0.2, 0.25) is 39.3 Å². The number of allylic oxidation sites excluding steroid dienone is 1. The lowest BCUT2D eigenvalue weighted by Gasteiger charge is -2.27. The van der Waals surface area contributed by atoms with E-state index in [1.807, 2.05) is 0 Å². The fourth-order valence-corrected chi connectivity index (χ4v) is 3.52. The summed E-state index contributed by atoms with van der Waals surface area (Å²) in [7, 11) is -1.64. The van der Waals surface area contributed by atoms with E-state index in [1.54, 1.807) is 0 Å². The van der Waals surface area contributed by atoms with Crippen molar-refractivity contribution in [3.8, 4) is 0 Å². The molecule has 0 amide bonds. The molecule has 4 heteroatoms. The first-order valence-electron chi connectivity index (χ1n) is 5.92. The Hall–Kier alpha value is -0.616. The van der Waals surface area contributed by atoms with Crippen molar-refractivity contribution in [3.63, 3.8) is 0 Å². The van der Waals surface area contributed by atoms with Gasteiger partial charge < -0.3 is 4.74 Å². The third-order valence-electron chi connectivity index (χ3n) is 3.10. The van der Waals surface area contributed by atoms with Gasteiger partial charge in [-0.3, -0.25) is 0 Å².